The smallest absolute Gasteiger partial charge is 0.357 e. The van der Waals surface area contributed by atoms with Crippen LogP contribution < -0.4 is 0 Å². The molecule has 1 atom stereocenters. The van der Waals surface area contributed by atoms with E-state index in [9.17, 15) is 18.3 Å². The molecule has 1 aliphatic heterocycles. The second-order valence-corrected chi connectivity index (χ2v) is 7.14. The van der Waals surface area contributed by atoms with Crippen molar-refractivity contribution >= 4 is 21.1 Å². The zero-order valence-corrected chi connectivity index (χ0v) is 15.3. The van der Waals surface area contributed by atoms with Gasteiger partial charge in [-0.05, 0) is 24.8 Å². The highest BCUT2D eigenvalue weighted by molar-refractivity contribution is 7.73. The summed E-state index contributed by atoms with van der Waals surface area (Å²) in [5, 5.41) is 9.95. The normalized spacial score (nSPS) is 21.2. The fourth-order valence-corrected chi connectivity index (χ4v) is 4.01. The maximum absolute atomic E-state index is 12.2. The summed E-state index contributed by atoms with van der Waals surface area (Å²) in [7, 11) is -2.61. The number of unbranched alkanes of at least 4 members (excludes halogenated alkanes) is 2. The Morgan fingerprint density at radius 1 is 1.28 bits per heavy atom. The number of ether oxygens (including phenoxy) is 1. The number of aliphatic carboxylic acids is 1. The lowest BCUT2D eigenvalue weighted by Crippen LogP contribution is -2.64. The summed E-state index contributed by atoms with van der Waals surface area (Å²) >= 11 is 0. The average molecular weight is 367 g/mol. The Bertz CT molecular complexity index is 708. The monoisotopic (exact) mass is 367 g/mol. The topological polar surface area (TPSA) is 83.9 Å². The van der Waals surface area contributed by atoms with Gasteiger partial charge in [0.1, 0.15) is 4.86 Å². The fraction of sp³-hybridized carbons (Fsp3) is 0.556. The minimum atomic E-state index is -2.61. The minimum Gasteiger partial charge on any atom is -0.478 e. The van der Waals surface area contributed by atoms with E-state index >= 15 is 0 Å². The number of hydrogen-bond acceptors (Lipinski definition) is 5. The molecule has 1 fully saturated rings. The molecular formula is C18H25NO5S. The molecule has 0 amide bonds. The lowest BCUT2D eigenvalue weighted by atomic mass is 9.96. The van der Waals surface area contributed by atoms with Gasteiger partial charge in [-0.2, -0.15) is 8.42 Å². The number of nitrogens with zero attached hydrogens (tertiary/aromatic N) is 1. The summed E-state index contributed by atoms with van der Waals surface area (Å²) < 4.78 is 29.3. The van der Waals surface area contributed by atoms with Crippen LogP contribution in [0.3, 0.4) is 0 Å². The number of rotatable bonds is 8. The molecule has 0 aliphatic carbocycles. The van der Waals surface area contributed by atoms with Gasteiger partial charge in [-0.25, -0.2) is 4.79 Å². The third-order valence-electron chi connectivity index (χ3n) is 4.47. The van der Waals surface area contributed by atoms with Gasteiger partial charge >= 0.3 is 5.97 Å². The minimum absolute atomic E-state index is 0.0398. The van der Waals surface area contributed by atoms with Crippen molar-refractivity contribution in [3.05, 3.63) is 35.9 Å². The van der Waals surface area contributed by atoms with Crippen LogP contribution in [0, 0.1) is 0 Å². The first kappa shape index (κ1) is 19.6. The highest BCUT2D eigenvalue weighted by Crippen LogP contribution is 2.29. The molecule has 1 aromatic rings. The Hall–Kier alpha value is -1.70. The molecular weight excluding hydrogens is 342 g/mol. The van der Waals surface area contributed by atoms with Gasteiger partial charge in [0, 0.05) is 13.1 Å². The number of carboxylic acids is 1. The zero-order valence-electron chi connectivity index (χ0n) is 14.5. The second kappa shape index (κ2) is 9.12. The largest absolute Gasteiger partial charge is 0.478 e. The summed E-state index contributed by atoms with van der Waals surface area (Å²) in [6.07, 6.45) is 3.59. The van der Waals surface area contributed by atoms with E-state index in [2.05, 4.69) is 6.92 Å². The number of carboxylic acid groups (broad SMARTS) is 1. The van der Waals surface area contributed by atoms with Crippen LogP contribution in [0.2, 0.25) is 0 Å². The predicted octanol–water partition coefficient (Wildman–Crippen LogP) is 2.32. The summed E-state index contributed by atoms with van der Waals surface area (Å²) in [6, 6.07) is 9.18. The Labute approximate surface area is 149 Å². The summed E-state index contributed by atoms with van der Waals surface area (Å²) in [5.74, 6) is -1.26. The van der Waals surface area contributed by atoms with E-state index in [0.29, 0.717) is 19.5 Å². The van der Waals surface area contributed by atoms with Gasteiger partial charge in [0.05, 0.1) is 6.61 Å². The summed E-state index contributed by atoms with van der Waals surface area (Å²) in [6.45, 7) is 3.11. The van der Waals surface area contributed by atoms with Crippen molar-refractivity contribution < 1.29 is 23.1 Å². The van der Waals surface area contributed by atoms with Crippen LogP contribution in [0.4, 0.5) is 0 Å². The lowest BCUT2D eigenvalue weighted by Gasteiger charge is -2.43. The number of benzene rings is 1. The van der Waals surface area contributed by atoms with Crippen molar-refractivity contribution in [1.29, 1.82) is 0 Å². The predicted molar refractivity (Wildman–Crippen MR) is 95.9 cm³/mol. The van der Waals surface area contributed by atoms with E-state index in [1.54, 1.807) is 4.90 Å². The summed E-state index contributed by atoms with van der Waals surface area (Å²) in [5.41, 5.74) is -1.10. The van der Waals surface area contributed by atoms with Crippen LogP contribution in [-0.4, -0.2) is 48.1 Å². The van der Waals surface area contributed by atoms with Crippen LogP contribution in [-0.2, 0) is 26.4 Å². The average Bonchev–Trinajstić information content (AvgIpc) is 2.61. The Kier molecular flexibility index (Phi) is 7.16. The van der Waals surface area contributed by atoms with Gasteiger partial charge in [-0.1, -0.05) is 50.1 Å². The molecule has 0 saturated carbocycles. The maximum Gasteiger partial charge on any atom is 0.357 e. The number of likely N-dealkylation sites (tertiary alicyclic amines) is 1. The molecule has 1 saturated heterocycles. The Morgan fingerprint density at radius 2 is 2.00 bits per heavy atom. The molecule has 1 unspecified atom stereocenters. The standard InChI is InChI=1S/C18H25NO5S/c1-2-3-7-12-19-13-8-11-16(25(22)23)18(19,17(20)21)24-14-15-9-5-4-6-10-15/h4-6,9-10H,2-3,7-8,11-14H2,1H3,(H,20,21). The highest BCUT2D eigenvalue weighted by Gasteiger charge is 2.52. The maximum atomic E-state index is 12.2. The van der Waals surface area contributed by atoms with E-state index in [1.165, 1.54) is 0 Å². The molecule has 138 valence electrons. The van der Waals surface area contributed by atoms with E-state index in [0.717, 1.165) is 24.8 Å². The van der Waals surface area contributed by atoms with Crippen molar-refractivity contribution in [3.8, 4) is 0 Å². The molecule has 1 N–H and O–H groups in total. The van der Waals surface area contributed by atoms with Crippen molar-refractivity contribution in [2.24, 2.45) is 0 Å². The van der Waals surface area contributed by atoms with Crippen molar-refractivity contribution in [2.75, 3.05) is 13.1 Å². The van der Waals surface area contributed by atoms with E-state index in [1.807, 2.05) is 30.3 Å². The second-order valence-electron chi connectivity index (χ2n) is 6.18. The molecule has 0 bridgehead atoms. The van der Waals surface area contributed by atoms with E-state index in [-0.39, 0.29) is 17.9 Å². The molecule has 0 aromatic heterocycles. The van der Waals surface area contributed by atoms with Gasteiger partial charge in [0.2, 0.25) is 10.3 Å². The van der Waals surface area contributed by atoms with Crippen LogP contribution >= 0.6 is 0 Å². The van der Waals surface area contributed by atoms with E-state index < -0.39 is 22.0 Å². The van der Waals surface area contributed by atoms with Crippen LogP contribution in [0.15, 0.2) is 30.3 Å². The van der Waals surface area contributed by atoms with Gasteiger partial charge in [-0.15, -0.1) is 0 Å². The number of carbonyl (C=O) groups is 1. The van der Waals surface area contributed by atoms with Crippen molar-refractivity contribution in [3.63, 3.8) is 0 Å². The summed E-state index contributed by atoms with van der Waals surface area (Å²) in [4.78, 5) is 13.8. The molecule has 0 radical (unpaired) electrons. The molecule has 25 heavy (non-hydrogen) atoms. The molecule has 2 rings (SSSR count). The SMILES string of the molecule is CCCCCN1CCCC(=S(=O)=O)C1(OCc1ccccc1)C(=O)O. The fourth-order valence-electron chi connectivity index (χ4n) is 3.20. The van der Waals surface area contributed by atoms with Gasteiger partial charge < -0.3 is 9.84 Å². The highest BCUT2D eigenvalue weighted by atomic mass is 32.2. The Balaban J connectivity index is 2.36. The molecule has 0 spiro atoms. The third kappa shape index (κ3) is 4.48. The van der Waals surface area contributed by atoms with Gasteiger partial charge in [-0.3, -0.25) is 4.90 Å². The first-order valence-corrected chi connectivity index (χ1v) is 9.71. The van der Waals surface area contributed by atoms with Crippen LogP contribution in [0.25, 0.3) is 0 Å². The van der Waals surface area contributed by atoms with E-state index in [4.69, 9.17) is 4.74 Å². The quantitative estimate of drug-likeness (QED) is 0.561. The van der Waals surface area contributed by atoms with Gasteiger partial charge in [0.15, 0.2) is 0 Å². The number of piperidine rings is 1. The molecule has 1 aromatic carbocycles. The van der Waals surface area contributed by atoms with Crippen molar-refractivity contribution in [1.82, 2.24) is 4.90 Å². The van der Waals surface area contributed by atoms with Crippen LogP contribution in [0.1, 0.15) is 44.6 Å². The first-order valence-electron chi connectivity index (χ1n) is 8.64. The van der Waals surface area contributed by atoms with Gasteiger partial charge in [0.25, 0.3) is 5.72 Å². The lowest BCUT2D eigenvalue weighted by molar-refractivity contribution is -0.183. The first-order chi connectivity index (χ1) is 12.0. The zero-order chi connectivity index (χ0) is 18.3. The van der Waals surface area contributed by atoms with Crippen LogP contribution in [0.5, 0.6) is 0 Å². The van der Waals surface area contributed by atoms with Crippen molar-refractivity contribution in [2.45, 2.75) is 51.4 Å². The molecule has 1 heterocycles. The number of hydrogen-bond donors (Lipinski definition) is 1. The molecule has 6 nitrogen and oxygen atoms in total. The Morgan fingerprint density at radius 3 is 2.60 bits per heavy atom. The molecule has 7 heteroatoms. The molecule has 1 aliphatic rings. The third-order valence-corrected chi connectivity index (χ3v) is 5.35.